The molecule has 0 aromatic carbocycles. The minimum Gasteiger partial charge on any atom is -0.477 e. The van der Waals surface area contributed by atoms with E-state index in [1.165, 1.54) is 6.21 Å². The van der Waals surface area contributed by atoms with Gasteiger partial charge in [-0.3, -0.25) is 0 Å². The van der Waals surface area contributed by atoms with Crippen molar-refractivity contribution >= 4 is 12.2 Å². The van der Waals surface area contributed by atoms with Crippen LogP contribution in [0.15, 0.2) is 29.5 Å². The molecule has 4 nitrogen and oxygen atoms in total. The van der Waals surface area contributed by atoms with E-state index in [1.807, 2.05) is 20.8 Å². The van der Waals surface area contributed by atoms with Gasteiger partial charge in [0, 0.05) is 12.2 Å². The smallest absolute Gasteiger partial charge is 0.353 e. The third kappa shape index (κ3) is 10.3. The topological polar surface area (TPSA) is 61.7 Å². The van der Waals surface area contributed by atoms with Gasteiger partial charge < -0.3 is 10.4 Å². The fraction of sp³-hybridized carbons (Fsp3) is 0.455. The van der Waals surface area contributed by atoms with Gasteiger partial charge in [-0.15, -0.1) is 0 Å². The van der Waals surface area contributed by atoms with Gasteiger partial charge in [-0.2, -0.15) is 0 Å². The summed E-state index contributed by atoms with van der Waals surface area (Å²) in [5, 5.41) is 11.4. The number of aliphatic carboxylic acids is 1. The number of carboxylic acid groups (broad SMARTS) is 1. The van der Waals surface area contributed by atoms with Crippen LogP contribution in [0.1, 0.15) is 27.2 Å². The van der Waals surface area contributed by atoms with Crippen molar-refractivity contribution in [1.82, 2.24) is 5.32 Å². The van der Waals surface area contributed by atoms with Crippen LogP contribution in [0.5, 0.6) is 0 Å². The van der Waals surface area contributed by atoms with E-state index in [0.717, 1.165) is 13.0 Å². The number of allylic oxidation sites excluding steroid dienone is 1. The van der Waals surface area contributed by atoms with Gasteiger partial charge >= 0.3 is 5.97 Å². The van der Waals surface area contributed by atoms with Crippen LogP contribution < -0.4 is 5.32 Å². The zero-order valence-corrected chi connectivity index (χ0v) is 9.71. The summed E-state index contributed by atoms with van der Waals surface area (Å²) in [6, 6.07) is 0. The standard InChI is InChI=1S/C9H14N2O2.C2H6/c1-4-5-10-7(2)6-11-8(3)9(12)13;1-2/h6,10H,2-5H2,1H3,(H,12,13);1-2H3. The number of rotatable bonds is 6. The Balaban J connectivity index is 0. The lowest BCUT2D eigenvalue weighted by atomic mass is 10.4. The van der Waals surface area contributed by atoms with E-state index in [4.69, 9.17) is 5.11 Å². The highest BCUT2D eigenvalue weighted by molar-refractivity contribution is 5.89. The molecule has 4 heteroatoms. The number of aliphatic imine (C=N–C) groups is 1. The van der Waals surface area contributed by atoms with E-state index < -0.39 is 5.97 Å². The van der Waals surface area contributed by atoms with Crippen molar-refractivity contribution in [3.63, 3.8) is 0 Å². The molecule has 0 unspecified atom stereocenters. The second kappa shape index (κ2) is 10.5. The van der Waals surface area contributed by atoms with Crippen LogP contribution in [0.25, 0.3) is 0 Å². The third-order valence-electron chi connectivity index (χ3n) is 1.23. The molecule has 15 heavy (non-hydrogen) atoms. The first-order valence-corrected chi connectivity index (χ1v) is 4.97. The first kappa shape index (κ1) is 15.9. The van der Waals surface area contributed by atoms with Gasteiger partial charge in [-0.25, -0.2) is 9.79 Å². The van der Waals surface area contributed by atoms with Gasteiger partial charge in [0.05, 0.1) is 6.21 Å². The van der Waals surface area contributed by atoms with Crippen molar-refractivity contribution in [1.29, 1.82) is 0 Å². The molecule has 0 fully saturated rings. The average Bonchev–Trinajstić information content (AvgIpc) is 2.25. The highest BCUT2D eigenvalue weighted by Gasteiger charge is 1.98. The maximum Gasteiger partial charge on any atom is 0.353 e. The summed E-state index contributed by atoms with van der Waals surface area (Å²) in [6.45, 7) is 13.7. The van der Waals surface area contributed by atoms with Crippen molar-refractivity contribution in [2.45, 2.75) is 27.2 Å². The van der Waals surface area contributed by atoms with Gasteiger partial charge in [0.25, 0.3) is 0 Å². The Bertz CT molecular complexity index is 245. The van der Waals surface area contributed by atoms with E-state index in [1.54, 1.807) is 0 Å². The molecule has 0 aliphatic carbocycles. The van der Waals surface area contributed by atoms with Crippen LogP contribution in [0, 0.1) is 0 Å². The quantitative estimate of drug-likeness (QED) is 0.524. The summed E-state index contributed by atoms with van der Waals surface area (Å²) >= 11 is 0. The lowest BCUT2D eigenvalue weighted by Crippen LogP contribution is -2.14. The fourth-order valence-electron chi connectivity index (χ4n) is 0.542. The Hall–Kier alpha value is -1.58. The SMILES string of the molecule is C=C(C=NC(=C)C(=O)O)NCCC.CC. The van der Waals surface area contributed by atoms with E-state index in [9.17, 15) is 4.79 Å². The maximum absolute atomic E-state index is 10.3. The van der Waals surface area contributed by atoms with Crippen molar-refractivity contribution in [2.75, 3.05) is 6.54 Å². The van der Waals surface area contributed by atoms with Crippen LogP contribution in [0.2, 0.25) is 0 Å². The molecule has 0 aliphatic heterocycles. The van der Waals surface area contributed by atoms with E-state index in [2.05, 4.69) is 23.5 Å². The number of nitrogens with one attached hydrogen (secondary N) is 1. The Morgan fingerprint density at radius 1 is 1.47 bits per heavy atom. The number of nitrogens with zero attached hydrogens (tertiary/aromatic N) is 1. The van der Waals surface area contributed by atoms with Crippen molar-refractivity contribution < 1.29 is 9.90 Å². The summed E-state index contributed by atoms with van der Waals surface area (Å²) in [6.07, 6.45) is 2.33. The van der Waals surface area contributed by atoms with Crippen molar-refractivity contribution in [3.8, 4) is 0 Å². The lowest BCUT2D eigenvalue weighted by molar-refractivity contribution is -0.132. The Morgan fingerprint density at radius 3 is 2.40 bits per heavy atom. The minimum absolute atomic E-state index is 0.195. The Labute approximate surface area is 91.4 Å². The number of carboxylic acids is 1. The van der Waals surface area contributed by atoms with Gasteiger partial charge in [-0.1, -0.05) is 33.9 Å². The normalized spacial score (nSPS) is 9.00. The molecule has 2 N–H and O–H groups in total. The van der Waals surface area contributed by atoms with Gasteiger partial charge in [-0.05, 0) is 6.42 Å². The molecule has 0 spiro atoms. The number of hydrogen-bond acceptors (Lipinski definition) is 3. The third-order valence-corrected chi connectivity index (χ3v) is 1.23. The summed E-state index contributed by atoms with van der Waals surface area (Å²) in [4.78, 5) is 13.9. The molecule has 0 aromatic rings. The second-order valence-corrected chi connectivity index (χ2v) is 2.46. The molecule has 0 aromatic heterocycles. The summed E-state index contributed by atoms with van der Waals surface area (Å²) in [5.41, 5.74) is 0.392. The molecular formula is C11H20N2O2. The minimum atomic E-state index is -1.13. The van der Waals surface area contributed by atoms with Crippen LogP contribution >= 0.6 is 0 Å². The number of hydrogen-bond donors (Lipinski definition) is 2. The maximum atomic E-state index is 10.3. The molecule has 0 amide bonds. The molecule has 86 valence electrons. The van der Waals surface area contributed by atoms with Gasteiger partial charge in [0.1, 0.15) is 5.70 Å². The van der Waals surface area contributed by atoms with E-state index in [-0.39, 0.29) is 5.70 Å². The van der Waals surface area contributed by atoms with Crippen LogP contribution in [-0.2, 0) is 4.79 Å². The molecule has 0 saturated carbocycles. The first-order valence-electron chi connectivity index (χ1n) is 4.97. The van der Waals surface area contributed by atoms with Crippen LogP contribution in [0.3, 0.4) is 0 Å². The molecule has 0 heterocycles. The van der Waals surface area contributed by atoms with Crippen LogP contribution in [-0.4, -0.2) is 23.8 Å². The largest absolute Gasteiger partial charge is 0.477 e. The van der Waals surface area contributed by atoms with Crippen molar-refractivity contribution in [2.24, 2.45) is 4.99 Å². The van der Waals surface area contributed by atoms with E-state index >= 15 is 0 Å². The zero-order valence-electron chi connectivity index (χ0n) is 9.71. The molecule has 0 atom stereocenters. The van der Waals surface area contributed by atoms with Gasteiger partial charge in [0.15, 0.2) is 0 Å². The summed E-state index contributed by atoms with van der Waals surface area (Å²) < 4.78 is 0. The molecule has 0 radical (unpaired) electrons. The highest BCUT2D eigenvalue weighted by atomic mass is 16.4. The van der Waals surface area contributed by atoms with Gasteiger partial charge in [0.2, 0.25) is 0 Å². The molecule has 0 rings (SSSR count). The van der Waals surface area contributed by atoms with E-state index in [0.29, 0.717) is 5.70 Å². The fourth-order valence-corrected chi connectivity index (χ4v) is 0.542. The summed E-state index contributed by atoms with van der Waals surface area (Å²) in [7, 11) is 0. The summed E-state index contributed by atoms with van der Waals surface area (Å²) in [5.74, 6) is -1.13. The van der Waals surface area contributed by atoms with Crippen LogP contribution in [0.4, 0.5) is 0 Å². The predicted molar refractivity (Wildman–Crippen MR) is 64.0 cm³/mol. The predicted octanol–water partition coefficient (Wildman–Crippen LogP) is 2.20. The lowest BCUT2D eigenvalue weighted by Gasteiger charge is -2.01. The zero-order chi connectivity index (χ0) is 12.3. The monoisotopic (exact) mass is 212 g/mol. The number of carbonyl (C=O) groups is 1. The second-order valence-electron chi connectivity index (χ2n) is 2.46. The highest BCUT2D eigenvalue weighted by Crippen LogP contribution is 1.91. The van der Waals surface area contributed by atoms with Crippen molar-refractivity contribution in [3.05, 3.63) is 24.6 Å². The molecule has 0 aliphatic rings. The molecule has 0 saturated heterocycles. The molecule has 0 bridgehead atoms. The first-order chi connectivity index (χ1) is 7.07. The molecular weight excluding hydrogens is 192 g/mol. The average molecular weight is 212 g/mol. The Morgan fingerprint density at radius 2 is 2.00 bits per heavy atom. The Kier molecular flexibility index (Phi) is 11.1.